The lowest BCUT2D eigenvalue weighted by molar-refractivity contribution is -0.687. The molecule has 0 saturated carbocycles. The first-order valence-electron chi connectivity index (χ1n) is 3.94. The van der Waals surface area contributed by atoms with Crippen molar-refractivity contribution in [3.63, 3.8) is 0 Å². The zero-order valence-electron chi connectivity index (χ0n) is 7.47. The minimum atomic E-state index is 0.752. The van der Waals surface area contributed by atoms with Crippen molar-refractivity contribution < 1.29 is 4.57 Å². The standard InChI is InChI=1S/C10H11N2S/c1-13-10-4-8-12(9-5-10)7-3-2-6-11/h2-5,8-9H,7H2,1H3/q+1. The van der Waals surface area contributed by atoms with Gasteiger partial charge >= 0.3 is 0 Å². The molecule has 1 aromatic rings. The first-order valence-corrected chi connectivity index (χ1v) is 5.17. The Bertz CT molecular complexity index is 322. The quantitative estimate of drug-likeness (QED) is 0.414. The fraction of sp³-hybridized carbons (Fsp3) is 0.200. The van der Waals surface area contributed by atoms with Crippen LogP contribution in [0.2, 0.25) is 0 Å². The molecular formula is C10H11N2S+. The molecule has 0 spiro atoms. The summed E-state index contributed by atoms with van der Waals surface area (Å²) in [6.45, 7) is 0.752. The summed E-state index contributed by atoms with van der Waals surface area (Å²) in [6, 6.07) is 6.08. The zero-order chi connectivity index (χ0) is 9.52. The molecule has 0 aliphatic carbocycles. The van der Waals surface area contributed by atoms with Crippen LogP contribution in [0.1, 0.15) is 0 Å². The van der Waals surface area contributed by atoms with Crippen LogP contribution < -0.4 is 4.57 Å². The van der Waals surface area contributed by atoms with E-state index in [1.54, 1.807) is 11.8 Å². The molecule has 13 heavy (non-hydrogen) atoms. The molecule has 3 heteroatoms. The van der Waals surface area contributed by atoms with Gasteiger partial charge in [0, 0.05) is 23.1 Å². The van der Waals surface area contributed by atoms with Gasteiger partial charge in [-0.15, -0.1) is 11.8 Å². The first-order chi connectivity index (χ1) is 6.36. The third-order valence-corrected chi connectivity index (χ3v) is 2.35. The molecular weight excluding hydrogens is 180 g/mol. The molecule has 66 valence electrons. The molecule has 0 unspecified atom stereocenters. The van der Waals surface area contributed by atoms with Gasteiger partial charge in [-0.1, -0.05) is 0 Å². The van der Waals surface area contributed by atoms with Gasteiger partial charge in [0.15, 0.2) is 18.9 Å². The van der Waals surface area contributed by atoms with Gasteiger partial charge in [0.05, 0.1) is 6.07 Å². The van der Waals surface area contributed by atoms with E-state index in [1.165, 1.54) is 11.0 Å². The molecule has 0 aromatic carbocycles. The smallest absolute Gasteiger partial charge is 0.170 e. The van der Waals surface area contributed by atoms with E-state index in [-0.39, 0.29) is 0 Å². The van der Waals surface area contributed by atoms with E-state index in [9.17, 15) is 0 Å². The highest BCUT2D eigenvalue weighted by Gasteiger charge is 1.96. The van der Waals surface area contributed by atoms with Crippen molar-refractivity contribution in [2.45, 2.75) is 11.4 Å². The number of hydrogen-bond donors (Lipinski definition) is 0. The highest BCUT2D eigenvalue weighted by Crippen LogP contribution is 2.10. The molecule has 0 fully saturated rings. The van der Waals surface area contributed by atoms with E-state index in [4.69, 9.17) is 5.26 Å². The van der Waals surface area contributed by atoms with Crippen LogP contribution in [0, 0.1) is 11.3 Å². The number of nitrogens with zero attached hydrogens (tertiary/aromatic N) is 2. The van der Waals surface area contributed by atoms with Gasteiger partial charge in [0.2, 0.25) is 0 Å². The van der Waals surface area contributed by atoms with Crippen molar-refractivity contribution in [3.8, 4) is 6.07 Å². The van der Waals surface area contributed by atoms with Gasteiger partial charge in [0.1, 0.15) is 0 Å². The lowest BCUT2D eigenvalue weighted by atomic mass is 10.4. The van der Waals surface area contributed by atoms with Crippen molar-refractivity contribution in [2.24, 2.45) is 0 Å². The van der Waals surface area contributed by atoms with Crippen LogP contribution in [-0.4, -0.2) is 6.26 Å². The third-order valence-electron chi connectivity index (χ3n) is 1.60. The van der Waals surface area contributed by atoms with Crippen LogP contribution in [-0.2, 0) is 6.54 Å². The van der Waals surface area contributed by atoms with Crippen molar-refractivity contribution in [1.82, 2.24) is 0 Å². The van der Waals surface area contributed by atoms with Crippen LogP contribution in [0.3, 0.4) is 0 Å². The van der Waals surface area contributed by atoms with Gasteiger partial charge in [0.25, 0.3) is 0 Å². The highest BCUT2D eigenvalue weighted by molar-refractivity contribution is 7.98. The molecule has 0 radical (unpaired) electrons. The normalized spacial score (nSPS) is 10.2. The fourth-order valence-electron chi connectivity index (χ4n) is 0.929. The first kappa shape index (κ1) is 9.82. The van der Waals surface area contributed by atoms with E-state index >= 15 is 0 Å². The Labute approximate surface area is 82.5 Å². The van der Waals surface area contributed by atoms with Gasteiger partial charge in [-0.2, -0.15) is 5.26 Å². The number of aromatic nitrogens is 1. The molecule has 0 bridgehead atoms. The van der Waals surface area contributed by atoms with Crippen LogP contribution in [0.15, 0.2) is 41.6 Å². The number of thioether (sulfide) groups is 1. The van der Waals surface area contributed by atoms with Crippen LogP contribution in [0.4, 0.5) is 0 Å². The Kier molecular flexibility index (Phi) is 4.07. The number of rotatable bonds is 3. The average molecular weight is 191 g/mol. The van der Waals surface area contributed by atoms with E-state index in [0.717, 1.165) is 6.54 Å². The minimum Gasteiger partial charge on any atom is -0.201 e. The predicted octanol–water partition coefficient (Wildman–Crippen LogP) is 1.78. The molecule has 0 N–H and O–H groups in total. The van der Waals surface area contributed by atoms with Crippen molar-refractivity contribution in [1.29, 1.82) is 5.26 Å². The van der Waals surface area contributed by atoms with Crippen molar-refractivity contribution in [2.75, 3.05) is 6.26 Å². The van der Waals surface area contributed by atoms with Gasteiger partial charge in [-0.05, 0) is 12.3 Å². The number of hydrogen-bond acceptors (Lipinski definition) is 2. The Hall–Kier alpha value is -1.27. The largest absolute Gasteiger partial charge is 0.201 e. The topological polar surface area (TPSA) is 27.7 Å². The SMILES string of the molecule is CSc1cc[n+](CC=CC#N)cc1. The lowest BCUT2D eigenvalue weighted by Gasteiger charge is -1.93. The Morgan fingerprint density at radius 3 is 2.77 bits per heavy atom. The molecule has 0 saturated heterocycles. The molecule has 1 heterocycles. The number of pyridine rings is 1. The molecule has 0 atom stereocenters. The second kappa shape index (κ2) is 5.39. The Morgan fingerprint density at radius 2 is 2.23 bits per heavy atom. The monoisotopic (exact) mass is 191 g/mol. The summed E-state index contributed by atoms with van der Waals surface area (Å²) >= 11 is 1.72. The summed E-state index contributed by atoms with van der Waals surface area (Å²) in [4.78, 5) is 1.25. The number of allylic oxidation sites excluding steroid dienone is 2. The molecule has 0 aliphatic rings. The second-order valence-electron chi connectivity index (χ2n) is 2.47. The van der Waals surface area contributed by atoms with E-state index in [1.807, 2.05) is 29.1 Å². The lowest BCUT2D eigenvalue weighted by Crippen LogP contribution is -2.31. The maximum atomic E-state index is 8.28. The number of nitriles is 1. The predicted molar refractivity (Wildman–Crippen MR) is 53.2 cm³/mol. The fourth-order valence-corrected chi connectivity index (χ4v) is 1.32. The molecule has 1 aromatic heterocycles. The summed E-state index contributed by atoms with van der Waals surface area (Å²) in [7, 11) is 0. The van der Waals surface area contributed by atoms with Crippen LogP contribution in [0.5, 0.6) is 0 Å². The van der Waals surface area contributed by atoms with E-state index in [2.05, 4.69) is 18.4 Å². The average Bonchev–Trinajstić information content (AvgIpc) is 2.19. The van der Waals surface area contributed by atoms with E-state index < -0.39 is 0 Å². The van der Waals surface area contributed by atoms with Crippen molar-refractivity contribution in [3.05, 3.63) is 36.7 Å². The minimum absolute atomic E-state index is 0.752. The molecule has 1 rings (SSSR count). The maximum absolute atomic E-state index is 8.28. The second-order valence-corrected chi connectivity index (χ2v) is 3.35. The molecule has 0 amide bonds. The van der Waals surface area contributed by atoms with Crippen LogP contribution >= 0.6 is 11.8 Å². The summed E-state index contributed by atoms with van der Waals surface area (Å²) in [5.74, 6) is 0. The summed E-state index contributed by atoms with van der Waals surface area (Å²) < 4.78 is 2.02. The molecule has 0 aliphatic heterocycles. The Morgan fingerprint density at radius 1 is 1.54 bits per heavy atom. The zero-order valence-corrected chi connectivity index (χ0v) is 8.29. The van der Waals surface area contributed by atoms with Gasteiger partial charge < -0.3 is 0 Å². The van der Waals surface area contributed by atoms with Gasteiger partial charge in [-0.3, -0.25) is 0 Å². The van der Waals surface area contributed by atoms with Gasteiger partial charge in [-0.25, -0.2) is 4.57 Å². The van der Waals surface area contributed by atoms with Crippen LogP contribution in [0.25, 0.3) is 0 Å². The Balaban J connectivity index is 2.60. The maximum Gasteiger partial charge on any atom is 0.170 e. The summed E-state index contributed by atoms with van der Waals surface area (Å²) in [5, 5.41) is 8.28. The molecule has 2 nitrogen and oxygen atoms in total. The highest BCUT2D eigenvalue weighted by atomic mass is 32.2. The van der Waals surface area contributed by atoms with Crippen molar-refractivity contribution >= 4 is 11.8 Å². The summed E-state index contributed by atoms with van der Waals surface area (Å²) in [5.41, 5.74) is 0. The van der Waals surface area contributed by atoms with E-state index in [0.29, 0.717) is 0 Å². The third kappa shape index (κ3) is 3.30. The summed E-state index contributed by atoms with van der Waals surface area (Å²) in [6.07, 6.45) is 9.39.